The van der Waals surface area contributed by atoms with Crippen LogP contribution in [0.2, 0.25) is 0 Å². The number of amides is 2. The van der Waals surface area contributed by atoms with E-state index in [4.69, 9.17) is 11.5 Å². The molecule has 1 aliphatic rings. The van der Waals surface area contributed by atoms with Gasteiger partial charge in [0.15, 0.2) is 0 Å². The number of aliphatic carboxylic acids is 1. The molecule has 21 heavy (non-hydrogen) atoms. The number of terminal acetylenes is 1. The Morgan fingerprint density at radius 3 is 2.90 bits per heavy atom. The number of carboxylic acid groups (broad SMARTS) is 1. The SMILES string of the molecule is C#CCC(NC(=O)N1c2ccccc2CCC1C)C(=O)O. The first-order valence-electron chi connectivity index (χ1n) is 6.88. The smallest absolute Gasteiger partial charge is 0.327 e. The maximum atomic E-state index is 12.4. The molecule has 2 atom stereocenters. The Labute approximate surface area is 124 Å². The zero-order valence-electron chi connectivity index (χ0n) is 11.9. The molecule has 0 aromatic heterocycles. The molecule has 2 amide bonds. The fourth-order valence-corrected chi connectivity index (χ4v) is 2.53. The minimum absolute atomic E-state index is 0.0141. The van der Waals surface area contributed by atoms with Crippen LogP contribution in [-0.2, 0) is 11.2 Å². The van der Waals surface area contributed by atoms with Crippen LogP contribution in [0.1, 0.15) is 25.3 Å². The van der Waals surface area contributed by atoms with Crippen LogP contribution in [0.25, 0.3) is 0 Å². The fraction of sp³-hybridized carbons (Fsp3) is 0.375. The zero-order chi connectivity index (χ0) is 15.4. The van der Waals surface area contributed by atoms with E-state index in [2.05, 4.69) is 11.2 Å². The van der Waals surface area contributed by atoms with Crippen molar-refractivity contribution in [3.05, 3.63) is 29.8 Å². The number of hydrogen-bond acceptors (Lipinski definition) is 2. The van der Waals surface area contributed by atoms with Gasteiger partial charge in [0, 0.05) is 18.2 Å². The van der Waals surface area contributed by atoms with Crippen molar-refractivity contribution in [3.8, 4) is 12.3 Å². The highest BCUT2D eigenvalue weighted by Gasteiger charge is 2.30. The summed E-state index contributed by atoms with van der Waals surface area (Å²) in [5.41, 5.74) is 1.92. The molecule has 0 bridgehead atoms. The van der Waals surface area contributed by atoms with Gasteiger partial charge in [-0.1, -0.05) is 18.2 Å². The summed E-state index contributed by atoms with van der Waals surface area (Å²) in [6.07, 6.45) is 6.87. The molecule has 1 aromatic rings. The van der Waals surface area contributed by atoms with Crippen molar-refractivity contribution in [1.29, 1.82) is 0 Å². The minimum Gasteiger partial charge on any atom is -0.480 e. The third-order valence-electron chi connectivity index (χ3n) is 3.66. The number of urea groups is 1. The van der Waals surface area contributed by atoms with Crippen LogP contribution in [0, 0.1) is 12.3 Å². The highest BCUT2D eigenvalue weighted by molar-refractivity contribution is 5.96. The average Bonchev–Trinajstić information content (AvgIpc) is 2.46. The van der Waals surface area contributed by atoms with Crippen LogP contribution in [0.15, 0.2) is 24.3 Å². The largest absolute Gasteiger partial charge is 0.480 e. The molecule has 2 unspecified atom stereocenters. The number of carbonyl (C=O) groups is 2. The van der Waals surface area contributed by atoms with Crippen molar-refractivity contribution in [2.45, 2.75) is 38.3 Å². The first-order chi connectivity index (χ1) is 10.0. The Balaban J connectivity index is 2.22. The number of anilines is 1. The number of fused-ring (bicyclic) bond motifs is 1. The molecule has 0 aliphatic carbocycles. The Kier molecular flexibility index (Phi) is 4.49. The van der Waals surface area contributed by atoms with Gasteiger partial charge in [-0.2, -0.15) is 0 Å². The Bertz CT molecular complexity index is 591. The molecule has 2 rings (SSSR count). The van der Waals surface area contributed by atoms with Gasteiger partial charge in [0.2, 0.25) is 0 Å². The normalized spacial score (nSPS) is 18.3. The third-order valence-corrected chi connectivity index (χ3v) is 3.66. The van der Waals surface area contributed by atoms with Crippen molar-refractivity contribution in [2.75, 3.05) is 4.90 Å². The first kappa shape index (κ1) is 14.9. The quantitative estimate of drug-likeness (QED) is 0.835. The maximum absolute atomic E-state index is 12.4. The van der Waals surface area contributed by atoms with Crippen LogP contribution in [-0.4, -0.2) is 29.2 Å². The van der Waals surface area contributed by atoms with Gasteiger partial charge in [0.1, 0.15) is 6.04 Å². The second-order valence-electron chi connectivity index (χ2n) is 5.13. The predicted octanol–water partition coefficient (Wildman–Crippen LogP) is 2.01. The van der Waals surface area contributed by atoms with E-state index < -0.39 is 18.0 Å². The van der Waals surface area contributed by atoms with Crippen molar-refractivity contribution >= 4 is 17.7 Å². The average molecular weight is 286 g/mol. The molecule has 0 spiro atoms. The summed E-state index contributed by atoms with van der Waals surface area (Å²) in [5.74, 6) is 1.15. The molecular formula is C16H18N2O3. The molecule has 2 N–H and O–H groups in total. The molecule has 5 nitrogen and oxygen atoms in total. The molecule has 110 valence electrons. The Hall–Kier alpha value is -2.48. The topological polar surface area (TPSA) is 69.6 Å². The van der Waals surface area contributed by atoms with Gasteiger partial charge in [-0.25, -0.2) is 9.59 Å². The minimum atomic E-state index is -1.13. The molecular weight excluding hydrogens is 268 g/mol. The van der Waals surface area contributed by atoms with E-state index in [0.717, 1.165) is 24.1 Å². The molecule has 0 radical (unpaired) electrons. The van der Waals surface area contributed by atoms with E-state index in [9.17, 15) is 9.59 Å². The van der Waals surface area contributed by atoms with Gasteiger partial charge < -0.3 is 10.4 Å². The van der Waals surface area contributed by atoms with E-state index in [1.807, 2.05) is 31.2 Å². The van der Waals surface area contributed by atoms with Gasteiger partial charge in [0.25, 0.3) is 0 Å². The highest BCUT2D eigenvalue weighted by Crippen LogP contribution is 2.30. The highest BCUT2D eigenvalue weighted by atomic mass is 16.4. The van der Waals surface area contributed by atoms with Gasteiger partial charge >= 0.3 is 12.0 Å². The number of carboxylic acids is 1. The number of para-hydroxylation sites is 1. The van der Waals surface area contributed by atoms with E-state index >= 15 is 0 Å². The lowest BCUT2D eigenvalue weighted by molar-refractivity contribution is -0.139. The second kappa shape index (κ2) is 6.31. The molecule has 1 heterocycles. The van der Waals surface area contributed by atoms with Gasteiger partial charge in [0.05, 0.1) is 0 Å². The number of nitrogens with one attached hydrogen (secondary N) is 1. The molecule has 1 aromatic carbocycles. The van der Waals surface area contributed by atoms with Crippen LogP contribution < -0.4 is 10.2 Å². The number of nitrogens with zero attached hydrogens (tertiary/aromatic N) is 1. The Morgan fingerprint density at radius 1 is 1.52 bits per heavy atom. The molecule has 0 saturated carbocycles. The van der Waals surface area contributed by atoms with Crippen molar-refractivity contribution in [1.82, 2.24) is 5.32 Å². The van der Waals surface area contributed by atoms with E-state index in [1.165, 1.54) is 0 Å². The molecule has 0 fully saturated rings. The van der Waals surface area contributed by atoms with Gasteiger partial charge in [-0.3, -0.25) is 4.90 Å². The summed E-state index contributed by atoms with van der Waals surface area (Å²) >= 11 is 0. The van der Waals surface area contributed by atoms with Crippen LogP contribution in [0.4, 0.5) is 10.5 Å². The number of hydrogen-bond donors (Lipinski definition) is 2. The summed E-state index contributed by atoms with van der Waals surface area (Å²) in [4.78, 5) is 25.2. The molecule has 1 aliphatic heterocycles. The van der Waals surface area contributed by atoms with Crippen molar-refractivity contribution in [3.63, 3.8) is 0 Å². The van der Waals surface area contributed by atoms with E-state index in [1.54, 1.807) is 4.90 Å². The summed E-state index contributed by atoms with van der Waals surface area (Å²) in [6.45, 7) is 1.95. The van der Waals surface area contributed by atoms with Crippen LogP contribution >= 0.6 is 0 Å². The number of rotatable bonds is 3. The number of carbonyl (C=O) groups excluding carboxylic acids is 1. The fourth-order valence-electron chi connectivity index (χ4n) is 2.53. The maximum Gasteiger partial charge on any atom is 0.327 e. The monoisotopic (exact) mass is 286 g/mol. The van der Waals surface area contributed by atoms with Crippen LogP contribution in [0.3, 0.4) is 0 Å². The summed E-state index contributed by atoms with van der Waals surface area (Å²) in [6, 6.07) is 6.19. The Morgan fingerprint density at radius 2 is 2.24 bits per heavy atom. The van der Waals surface area contributed by atoms with Crippen molar-refractivity contribution in [2.24, 2.45) is 0 Å². The van der Waals surface area contributed by atoms with Gasteiger partial charge in [-0.05, 0) is 31.4 Å². The predicted molar refractivity (Wildman–Crippen MR) is 80.1 cm³/mol. The summed E-state index contributed by atoms with van der Waals surface area (Å²) < 4.78 is 0. The first-order valence-corrected chi connectivity index (χ1v) is 6.88. The lowest BCUT2D eigenvalue weighted by Crippen LogP contribution is -2.52. The van der Waals surface area contributed by atoms with Crippen molar-refractivity contribution < 1.29 is 14.7 Å². The van der Waals surface area contributed by atoms with E-state index in [-0.39, 0.29) is 12.5 Å². The lowest BCUT2D eigenvalue weighted by atomic mass is 9.97. The zero-order valence-corrected chi connectivity index (χ0v) is 11.9. The molecule has 5 heteroatoms. The number of aryl methyl sites for hydroxylation is 1. The standard InChI is InChI=1S/C16H18N2O3/c1-3-6-13(15(19)20)17-16(21)18-11(2)9-10-12-7-4-5-8-14(12)18/h1,4-5,7-8,11,13H,6,9-10H2,2H3,(H,17,21)(H,19,20). The third kappa shape index (κ3) is 3.16. The second-order valence-corrected chi connectivity index (χ2v) is 5.13. The van der Waals surface area contributed by atoms with Gasteiger partial charge in [-0.15, -0.1) is 12.3 Å². The van der Waals surface area contributed by atoms with E-state index in [0.29, 0.717) is 0 Å². The summed E-state index contributed by atoms with van der Waals surface area (Å²) in [5, 5.41) is 11.6. The summed E-state index contributed by atoms with van der Waals surface area (Å²) in [7, 11) is 0. The molecule has 0 saturated heterocycles. The number of benzene rings is 1. The van der Waals surface area contributed by atoms with Crippen LogP contribution in [0.5, 0.6) is 0 Å². The lowest BCUT2D eigenvalue weighted by Gasteiger charge is -2.35.